The summed E-state index contributed by atoms with van der Waals surface area (Å²) in [5.74, 6) is -0.680. The molecular weight excluding hydrogens is 841 g/mol. The molecular formula is C44H71N3O15P-. The number of nitrogens with one attached hydrogen (secondary N) is 2. The van der Waals surface area contributed by atoms with Gasteiger partial charge in [0.1, 0.15) is 11.5 Å². The summed E-state index contributed by atoms with van der Waals surface area (Å²) in [6, 6.07) is 13.4. The van der Waals surface area contributed by atoms with Gasteiger partial charge in [0.2, 0.25) is 11.8 Å². The van der Waals surface area contributed by atoms with Gasteiger partial charge in [-0.3, -0.25) is 23.8 Å². The molecule has 2 amide bonds. The molecule has 2 rings (SSSR count). The first kappa shape index (κ1) is 55.8. The van der Waals surface area contributed by atoms with Gasteiger partial charge in [0.05, 0.1) is 112 Å². The Balaban J connectivity index is 2.21. The zero-order chi connectivity index (χ0) is 46.0. The highest BCUT2D eigenvalue weighted by atomic mass is 31.2. The van der Waals surface area contributed by atoms with E-state index in [2.05, 4.69) is 10.6 Å². The lowest BCUT2D eigenvalue weighted by molar-refractivity contribution is -0.193. The van der Waals surface area contributed by atoms with E-state index in [9.17, 15) is 23.8 Å². The molecule has 358 valence electrons. The summed E-state index contributed by atoms with van der Waals surface area (Å²) in [6.45, 7) is 9.01. The maximum atomic E-state index is 14.1. The van der Waals surface area contributed by atoms with Crippen LogP contribution in [0, 0.1) is 0 Å². The standard InChI is InChI=1S/C44H72N3O15P/c1-36(2)63(51,52)62-41-14-12-39(13-15-41)38-10-8-37(9-11-38)33-42(44(50)46-17-20-58-29-32-61-26-23-55-5)47(34-40(48)7-6-18-56-27-30-59-24-21-53-3)35-43(49)45-16-19-57-28-31-60-25-22-54-4/h8-15,36,42H,6-7,16-35H2,1-5H3,(H,45,49)(H,46,50)(H,51,52)/p-1. The topological polar surface area (TPSA) is 211 Å². The van der Waals surface area contributed by atoms with Crippen LogP contribution in [-0.2, 0) is 68.0 Å². The van der Waals surface area contributed by atoms with Crippen LogP contribution in [0.15, 0.2) is 48.5 Å². The number of hydrogen-bond donors (Lipinski definition) is 2. The lowest BCUT2D eigenvalue weighted by Crippen LogP contribution is -2.53. The van der Waals surface area contributed by atoms with Crippen molar-refractivity contribution in [1.82, 2.24) is 15.5 Å². The van der Waals surface area contributed by atoms with Crippen LogP contribution in [-0.4, -0.2) is 181 Å². The number of ketones is 1. The fourth-order valence-corrected chi connectivity index (χ4v) is 6.24. The van der Waals surface area contributed by atoms with E-state index in [1.165, 1.54) is 0 Å². The van der Waals surface area contributed by atoms with Crippen LogP contribution in [0.1, 0.15) is 32.3 Å². The SMILES string of the molecule is COCCOCCOCCCC(=O)CN(CC(=O)NCCOCCOCCOC)C(Cc1ccc(-c2ccc(OP(=O)([O-])C(C)C)cc2)cc1)C(=O)NCCOCCOCCOC. The van der Waals surface area contributed by atoms with E-state index in [0.717, 1.165) is 16.7 Å². The van der Waals surface area contributed by atoms with E-state index >= 15 is 0 Å². The molecule has 0 aliphatic rings. The number of carbonyl (C=O) groups excluding carboxylic acids is 3. The number of carbonyl (C=O) groups is 3. The van der Waals surface area contributed by atoms with Crippen molar-refractivity contribution in [1.29, 1.82) is 0 Å². The highest BCUT2D eigenvalue weighted by Crippen LogP contribution is 2.43. The van der Waals surface area contributed by atoms with Gasteiger partial charge in [-0.25, -0.2) is 0 Å². The smallest absolute Gasteiger partial charge is 0.237 e. The maximum absolute atomic E-state index is 14.1. The Morgan fingerprint density at radius 2 is 1.05 bits per heavy atom. The average molecular weight is 913 g/mol. The van der Waals surface area contributed by atoms with Gasteiger partial charge in [-0.1, -0.05) is 50.2 Å². The Hall–Kier alpha value is -3.36. The van der Waals surface area contributed by atoms with Gasteiger partial charge in [0, 0.05) is 53.1 Å². The second-order valence-corrected chi connectivity index (χ2v) is 16.8. The van der Waals surface area contributed by atoms with Crippen molar-refractivity contribution in [3.63, 3.8) is 0 Å². The summed E-state index contributed by atoms with van der Waals surface area (Å²) in [5.41, 5.74) is 1.80. The summed E-state index contributed by atoms with van der Waals surface area (Å²) >= 11 is 0. The number of hydrogen-bond acceptors (Lipinski definition) is 16. The molecule has 0 aliphatic carbocycles. The minimum Gasteiger partial charge on any atom is -0.769 e. The molecule has 0 spiro atoms. The Bertz CT molecular complexity index is 1520. The number of benzene rings is 2. The molecule has 0 heterocycles. The van der Waals surface area contributed by atoms with E-state index in [-0.39, 0.29) is 75.6 Å². The zero-order valence-electron chi connectivity index (χ0n) is 37.8. The molecule has 0 aliphatic heterocycles. The van der Waals surface area contributed by atoms with Crippen LogP contribution < -0.4 is 20.1 Å². The van der Waals surface area contributed by atoms with E-state index in [1.54, 1.807) is 64.3 Å². The Kier molecular flexibility index (Phi) is 31.0. The number of ether oxygens (including phenoxy) is 9. The molecule has 2 aromatic carbocycles. The van der Waals surface area contributed by atoms with Crippen molar-refractivity contribution < 1.29 is 71.0 Å². The second-order valence-electron chi connectivity index (χ2n) is 14.5. The van der Waals surface area contributed by atoms with E-state index in [1.807, 2.05) is 24.3 Å². The Morgan fingerprint density at radius 3 is 1.54 bits per heavy atom. The van der Waals surface area contributed by atoms with Crippen LogP contribution in [0.25, 0.3) is 11.1 Å². The largest absolute Gasteiger partial charge is 0.769 e. The van der Waals surface area contributed by atoms with Gasteiger partial charge in [0.25, 0.3) is 0 Å². The lowest BCUT2D eigenvalue weighted by atomic mass is 9.99. The molecule has 0 fully saturated rings. The zero-order valence-corrected chi connectivity index (χ0v) is 38.7. The van der Waals surface area contributed by atoms with E-state index < -0.39 is 19.3 Å². The van der Waals surface area contributed by atoms with Crippen molar-refractivity contribution in [3.8, 4) is 16.9 Å². The average Bonchev–Trinajstić information content (AvgIpc) is 3.26. The number of nitrogens with zero attached hydrogens (tertiary/aromatic N) is 1. The summed E-state index contributed by atoms with van der Waals surface area (Å²) in [5, 5.41) is 5.77. The van der Waals surface area contributed by atoms with Gasteiger partial charge >= 0.3 is 0 Å². The minimum atomic E-state index is -4.05. The van der Waals surface area contributed by atoms with Crippen LogP contribution >= 0.6 is 7.60 Å². The summed E-state index contributed by atoms with van der Waals surface area (Å²) < 4.78 is 65.5. The molecule has 0 aromatic heterocycles. The summed E-state index contributed by atoms with van der Waals surface area (Å²) in [4.78, 5) is 54.8. The number of rotatable bonds is 40. The van der Waals surface area contributed by atoms with Gasteiger partial charge in [-0.15, -0.1) is 0 Å². The third kappa shape index (κ3) is 26.3. The van der Waals surface area contributed by atoms with Crippen molar-refractivity contribution in [2.75, 3.05) is 147 Å². The third-order valence-corrected chi connectivity index (χ3v) is 10.9. The quantitative estimate of drug-likeness (QED) is 0.0727. The van der Waals surface area contributed by atoms with Gasteiger partial charge in [0.15, 0.2) is 7.60 Å². The Labute approximate surface area is 373 Å². The van der Waals surface area contributed by atoms with Gasteiger partial charge < -0.3 is 62.7 Å². The molecule has 0 saturated heterocycles. The highest BCUT2D eigenvalue weighted by molar-refractivity contribution is 7.52. The molecule has 63 heavy (non-hydrogen) atoms. The minimum absolute atomic E-state index is 0.154. The molecule has 0 radical (unpaired) electrons. The highest BCUT2D eigenvalue weighted by Gasteiger charge is 2.29. The number of amides is 2. The molecule has 19 heteroatoms. The van der Waals surface area contributed by atoms with Crippen LogP contribution in [0.2, 0.25) is 0 Å². The number of Topliss-reactive ketones (excluding diaryl/α,β-unsaturated/α-hetero) is 1. The first-order valence-electron chi connectivity index (χ1n) is 21.4. The van der Waals surface area contributed by atoms with E-state index in [0.29, 0.717) is 92.3 Å². The molecule has 2 atom stereocenters. The molecule has 2 unspecified atom stereocenters. The second kappa shape index (κ2) is 35.0. The van der Waals surface area contributed by atoms with Gasteiger partial charge in [-0.2, -0.15) is 0 Å². The third-order valence-electron chi connectivity index (χ3n) is 9.18. The summed E-state index contributed by atoms with van der Waals surface area (Å²) in [7, 11) is 0.743. The van der Waals surface area contributed by atoms with Crippen molar-refractivity contribution in [2.45, 2.75) is 44.8 Å². The lowest BCUT2D eigenvalue weighted by Gasteiger charge is -2.30. The van der Waals surface area contributed by atoms with Gasteiger partial charge in [-0.05, 0) is 41.7 Å². The van der Waals surface area contributed by atoms with Crippen LogP contribution in [0.5, 0.6) is 5.75 Å². The van der Waals surface area contributed by atoms with Crippen LogP contribution in [0.4, 0.5) is 0 Å². The van der Waals surface area contributed by atoms with Crippen molar-refractivity contribution in [2.24, 2.45) is 0 Å². The molecule has 2 aromatic rings. The van der Waals surface area contributed by atoms with Crippen molar-refractivity contribution >= 4 is 25.2 Å². The molecule has 18 nitrogen and oxygen atoms in total. The molecule has 2 N–H and O–H groups in total. The molecule has 0 bridgehead atoms. The van der Waals surface area contributed by atoms with Crippen LogP contribution in [0.3, 0.4) is 0 Å². The first-order chi connectivity index (χ1) is 30.5. The normalized spacial score (nSPS) is 13.0. The molecule has 0 saturated carbocycles. The fourth-order valence-electron chi connectivity index (χ4n) is 5.62. The first-order valence-corrected chi connectivity index (χ1v) is 23.0. The predicted octanol–water partition coefficient (Wildman–Crippen LogP) is 2.53. The number of methoxy groups -OCH3 is 3. The van der Waals surface area contributed by atoms with Crippen molar-refractivity contribution in [3.05, 3.63) is 54.1 Å². The Morgan fingerprint density at radius 1 is 0.603 bits per heavy atom. The monoisotopic (exact) mass is 912 g/mol. The van der Waals surface area contributed by atoms with E-state index in [4.69, 9.17) is 47.2 Å². The fraction of sp³-hybridized carbons (Fsp3) is 0.659. The predicted molar refractivity (Wildman–Crippen MR) is 235 cm³/mol. The maximum Gasteiger partial charge on any atom is 0.237 e. The summed E-state index contributed by atoms with van der Waals surface area (Å²) in [6.07, 6.45) is 0.815.